The van der Waals surface area contributed by atoms with Gasteiger partial charge in [0.25, 0.3) is 0 Å². The predicted octanol–water partition coefficient (Wildman–Crippen LogP) is 2.64. The van der Waals surface area contributed by atoms with Gasteiger partial charge in [-0.05, 0) is 19.1 Å². The highest BCUT2D eigenvalue weighted by Crippen LogP contribution is 2.39. The summed E-state index contributed by atoms with van der Waals surface area (Å²) in [7, 11) is 3.20. The Morgan fingerprint density at radius 3 is 2.50 bits per heavy atom. The van der Waals surface area contributed by atoms with Crippen molar-refractivity contribution in [1.82, 2.24) is 9.97 Å². The van der Waals surface area contributed by atoms with Gasteiger partial charge >= 0.3 is 0 Å². The number of anilines is 1. The number of nitrogens with two attached hydrogens (primary N) is 1. The van der Waals surface area contributed by atoms with Crippen molar-refractivity contribution in [3.8, 4) is 22.8 Å². The van der Waals surface area contributed by atoms with E-state index in [1.54, 1.807) is 14.2 Å². The lowest BCUT2D eigenvalue weighted by molar-refractivity contribution is 0.390. The van der Waals surface area contributed by atoms with Crippen LogP contribution >= 0.6 is 11.6 Å². The van der Waals surface area contributed by atoms with Crippen LogP contribution < -0.4 is 15.2 Å². The second kappa shape index (κ2) is 4.78. The molecule has 0 radical (unpaired) electrons. The molecule has 0 aliphatic heterocycles. The molecule has 0 fully saturated rings. The number of aromatic nitrogens is 2. The highest BCUT2D eigenvalue weighted by Gasteiger charge is 2.17. The van der Waals surface area contributed by atoms with E-state index in [1.807, 2.05) is 19.1 Å². The minimum absolute atomic E-state index is 0.269. The summed E-state index contributed by atoms with van der Waals surface area (Å²) in [6, 6.07) is 3.68. The zero-order valence-electron chi connectivity index (χ0n) is 10.4. The number of imidazole rings is 1. The normalized spacial score (nSPS) is 10.4. The fraction of sp³-hybridized carbons (Fsp3) is 0.250. The summed E-state index contributed by atoms with van der Waals surface area (Å²) in [5.41, 5.74) is 7.81. The number of ether oxygens (including phenoxy) is 2. The predicted molar refractivity (Wildman–Crippen MR) is 71.3 cm³/mol. The Hall–Kier alpha value is -1.88. The number of nitrogens with zero attached hydrogens (tertiary/aromatic N) is 1. The Balaban J connectivity index is 2.65. The molecular formula is C12H14ClN3O2. The quantitative estimate of drug-likeness (QED) is 0.897. The van der Waals surface area contributed by atoms with Crippen molar-refractivity contribution >= 4 is 17.5 Å². The van der Waals surface area contributed by atoms with E-state index >= 15 is 0 Å². The number of nitrogens with one attached hydrogen (secondary N) is 1. The van der Waals surface area contributed by atoms with Gasteiger partial charge in [-0.25, -0.2) is 4.98 Å². The molecule has 0 aliphatic carbocycles. The molecule has 18 heavy (non-hydrogen) atoms. The number of hydrogen-bond acceptors (Lipinski definition) is 4. The molecule has 3 N–H and O–H groups in total. The maximum Gasteiger partial charge on any atom is 0.199 e. The summed E-state index contributed by atoms with van der Waals surface area (Å²) in [6.07, 6.45) is 0. The minimum atomic E-state index is 0.269. The van der Waals surface area contributed by atoms with Crippen LogP contribution in [-0.4, -0.2) is 24.2 Å². The Labute approximate surface area is 110 Å². The van der Waals surface area contributed by atoms with Crippen LogP contribution in [0.1, 0.15) is 5.56 Å². The summed E-state index contributed by atoms with van der Waals surface area (Å²) < 4.78 is 10.7. The molecule has 1 aromatic carbocycles. The van der Waals surface area contributed by atoms with Gasteiger partial charge < -0.3 is 20.2 Å². The van der Waals surface area contributed by atoms with Crippen molar-refractivity contribution in [3.63, 3.8) is 0 Å². The molecule has 0 unspecified atom stereocenters. The van der Waals surface area contributed by atoms with Crippen molar-refractivity contribution in [2.24, 2.45) is 0 Å². The van der Waals surface area contributed by atoms with E-state index in [9.17, 15) is 0 Å². The molecule has 0 amide bonds. The van der Waals surface area contributed by atoms with Gasteiger partial charge in [-0.15, -0.1) is 0 Å². The number of aromatic amines is 1. The van der Waals surface area contributed by atoms with Crippen LogP contribution in [0.15, 0.2) is 12.1 Å². The molecule has 0 saturated heterocycles. The molecule has 96 valence electrons. The number of nitrogen functional groups attached to an aromatic ring is 1. The van der Waals surface area contributed by atoms with Crippen LogP contribution in [-0.2, 0) is 0 Å². The number of H-pyrrole nitrogens is 1. The third-order valence-corrected chi connectivity index (χ3v) is 2.99. The van der Waals surface area contributed by atoms with Crippen LogP contribution in [0.2, 0.25) is 5.15 Å². The first-order valence-corrected chi connectivity index (χ1v) is 5.69. The minimum Gasteiger partial charge on any atom is -0.496 e. The van der Waals surface area contributed by atoms with E-state index in [1.165, 1.54) is 0 Å². The van der Waals surface area contributed by atoms with Crippen molar-refractivity contribution in [2.75, 3.05) is 20.0 Å². The molecule has 0 aliphatic rings. The number of halogens is 1. The molecule has 5 nitrogen and oxygen atoms in total. The van der Waals surface area contributed by atoms with Crippen LogP contribution in [0.4, 0.5) is 5.95 Å². The number of benzene rings is 1. The molecule has 0 bridgehead atoms. The number of hydrogen-bond donors (Lipinski definition) is 2. The highest BCUT2D eigenvalue weighted by molar-refractivity contribution is 6.32. The van der Waals surface area contributed by atoms with E-state index in [4.69, 9.17) is 26.8 Å². The lowest BCUT2D eigenvalue weighted by atomic mass is 10.1. The summed E-state index contributed by atoms with van der Waals surface area (Å²) in [5, 5.41) is 0.385. The molecule has 0 atom stereocenters. The van der Waals surface area contributed by atoms with Gasteiger partial charge in [-0.3, -0.25) is 0 Å². The van der Waals surface area contributed by atoms with Gasteiger partial charge in [0, 0.05) is 11.1 Å². The average molecular weight is 268 g/mol. The standard InChI is InChI=1S/C12H14ClN3O2/c1-6-8(17-2)5-4-7(10(6)18-3)9-11(13)16-12(14)15-9/h4-5H,1-3H3,(H3,14,15,16). The highest BCUT2D eigenvalue weighted by atomic mass is 35.5. The summed E-state index contributed by atoms with van der Waals surface area (Å²) in [5.74, 6) is 1.68. The molecule has 1 aromatic heterocycles. The van der Waals surface area contributed by atoms with Gasteiger partial charge in [0.05, 0.1) is 14.2 Å². The van der Waals surface area contributed by atoms with Crippen molar-refractivity contribution in [1.29, 1.82) is 0 Å². The first kappa shape index (κ1) is 12.6. The molecule has 1 heterocycles. The lowest BCUT2D eigenvalue weighted by Gasteiger charge is -2.13. The third-order valence-electron chi connectivity index (χ3n) is 2.71. The van der Waals surface area contributed by atoms with Crippen molar-refractivity contribution in [3.05, 3.63) is 22.8 Å². The number of rotatable bonds is 3. The first-order chi connectivity index (χ1) is 8.58. The van der Waals surface area contributed by atoms with Gasteiger partial charge in [0.15, 0.2) is 5.95 Å². The Bertz CT molecular complexity index is 581. The summed E-state index contributed by atoms with van der Waals surface area (Å²) in [6.45, 7) is 1.91. The van der Waals surface area contributed by atoms with Gasteiger partial charge in [-0.2, -0.15) is 0 Å². The molecule has 0 saturated carbocycles. The van der Waals surface area contributed by atoms with Crippen LogP contribution in [0.25, 0.3) is 11.3 Å². The van der Waals surface area contributed by atoms with Crippen LogP contribution in [0.3, 0.4) is 0 Å². The second-order valence-electron chi connectivity index (χ2n) is 3.76. The fourth-order valence-corrected chi connectivity index (χ4v) is 2.13. The fourth-order valence-electron chi connectivity index (χ4n) is 1.89. The largest absolute Gasteiger partial charge is 0.496 e. The van der Waals surface area contributed by atoms with Crippen molar-refractivity contribution in [2.45, 2.75) is 6.92 Å². The average Bonchev–Trinajstić information content (AvgIpc) is 2.68. The Kier molecular flexibility index (Phi) is 3.34. The molecule has 2 rings (SSSR count). The molecule has 2 aromatic rings. The topological polar surface area (TPSA) is 73.2 Å². The SMILES string of the molecule is COc1ccc(-c2nc(N)[nH]c2Cl)c(OC)c1C. The van der Waals surface area contributed by atoms with Gasteiger partial charge in [0.1, 0.15) is 22.3 Å². The smallest absolute Gasteiger partial charge is 0.199 e. The molecular weight excluding hydrogens is 254 g/mol. The number of methoxy groups -OCH3 is 2. The third kappa shape index (κ3) is 1.97. The summed E-state index contributed by atoms with van der Waals surface area (Å²) >= 11 is 6.05. The van der Waals surface area contributed by atoms with Gasteiger partial charge in [0.2, 0.25) is 0 Å². The zero-order chi connectivity index (χ0) is 13.3. The maximum atomic E-state index is 6.05. The van der Waals surface area contributed by atoms with E-state index in [2.05, 4.69) is 9.97 Å². The molecule has 0 spiro atoms. The zero-order valence-corrected chi connectivity index (χ0v) is 11.1. The Morgan fingerprint density at radius 1 is 1.28 bits per heavy atom. The first-order valence-electron chi connectivity index (χ1n) is 5.31. The lowest BCUT2D eigenvalue weighted by Crippen LogP contribution is -1.95. The van der Waals surface area contributed by atoms with Crippen LogP contribution in [0, 0.1) is 6.92 Å². The van der Waals surface area contributed by atoms with Crippen molar-refractivity contribution < 1.29 is 9.47 Å². The maximum absolute atomic E-state index is 6.05. The van der Waals surface area contributed by atoms with E-state index in [0.717, 1.165) is 16.9 Å². The molecule has 6 heteroatoms. The van der Waals surface area contributed by atoms with Gasteiger partial charge in [-0.1, -0.05) is 11.6 Å². The second-order valence-corrected chi connectivity index (χ2v) is 4.14. The Morgan fingerprint density at radius 2 is 2.00 bits per heavy atom. The van der Waals surface area contributed by atoms with E-state index < -0.39 is 0 Å². The monoisotopic (exact) mass is 267 g/mol. The van der Waals surface area contributed by atoms with E-state index in [-0.39, 0.29) is 5.95 Å². The van der Waals surface area contributed by atoms with Crippen LogP contribution in [0.5, 0.6) is 11.5 Å². The summed E-state index contributed by atoms with van der Waals surface area (Å²) in [4.78, 5) is 6.91. The van der Waals surface area contributed by atoms with E-state index in [0.29, 0.717) is 16.6 Å².